The molecule has 2 atom stereocenters. The molecule has 0 saturated carbocycles. The van der Waals surface area contributed by atoms with Crippen LogP contribution in [0, 0.1) is 11.6 Å². The van der Waals surface area contributed by atoms with E-state index in [1.165, 1.54) is 17.8 Å². The zero-order valence-corrected chi connectivity index (χ0v) is 8.73. The van der Waals surface area contributed by atoms with Crippen molar-refractivity contribution in [1.29, 1.82) is 0 Å². The Bertz CT molecular complexity index is 361. The number of hydrogen-bond acceptors (Lipinski definition) is 3. The topological polar surface area (TPSA) is 32.3 Å². The number of thioether (sulfide) groups is 1. The smallest absolute Gasteiger partial charge is 0.159 e. The molecule has 1 heterocycles. The molecule has 2 unspecified atom stereocenters. The largest absolute Gasteiger partial charge is 0.391 e. The minimum Gasteiger partial charge on any atom is -0.391 e. The van der Waals surface area contributed by atoms with Crippen LogP contribution in [0.3, 0.4) is 0 Å². The second kappa shape index (κ2) is 4.47. The maximum absolute atomic E-state index is 12.9. The molecule has 2 N–H and O–H groups in total. The molecule has 0 radical (unpaired) electrons. The van der Waals surface area contributed by atoms with E-state index >= 15 is 0 Å². The molecular weight excluding hydrogens is 220 g/mol. The normalized spacial score (nSPS) is 25.8. The maximum Gasteiger partial charge on any atom is 0.159 e. The standard InChI is InChI=1S/C10H11F2NOS/c11-7-2-1-6(3-8(7)12)15-10-5-13-4-9(10)14/h1-3,9-10,13-14H,4-5H2. The van der Waals surface area contributed by atoms with Crippen molar-refractivity contribution in [1.82, 2.24) is 5.32 Å². The number of aliphatic hydroxyl groups is 1. The second-order valence-corrected chi connectivity index (χ2v) is 4.77. The van der Waals surface area contributed by atoms with E-state index in [0.717, 1.165) is 12.1 Å². The molecule has 2 rings (SSSR count). The Labute approximate surface area is 90.7 Å². The van der Waals surface area contributed by atoms with E-state index in [4.69, 9.17) is 0 Å². The summed E-state index contributed by atoms with van der Waals surface area (Å²) in [5.74, 6) is -1.69. The van der Waals surface area contributed by atoms with Crippen molar-refractivity contribution in [3.63, 3.8) is 0 Å². The summed E-state index contributed by atoms with van der Waals surface area (Å²) < 4.78 is 25.5. The average Bonchev–Trinajstić information content (AvgIpc) is 2.59. The lowest BCUT2D eigenvalue weighted by atomic mass is 10.3. The monoisotopic (exact) mass is 231 g/mol. The molecule has 1 aromatic carbocycles. The zero-order valence-electron chi connectivity index (χ0n) is 7.91. The molecule has 0 aromatic heterocycles. The SMILES string of the molecule is OC1CNCC1Sc1ccc(F)c(F)c1. The van der Waals surface area contributed by atoms with Crippen LogP contribution >= 0.6 is 11.8 Å². The molecule has 1 aliphatic heterocycles. The van der Waals surface area contributed by atoms with Crippen LogP contribution in [-0.2, 0) is 0 Å². The number of hydrogen-bond donors (Lipinski definition) is 2. The van der Waals surface area contributed by atoms with E-state index in [2.05, 4.69) is 5.32 Å². The third-order valence-corrected chi connectivity index (χ3v) is 3.62. The van der Waals surface area contributed by atoms with Gasteiger partial charge in [0.05, 0.1) is 6.10 Å². The highest BCUT2D eigenvalue weighted by atomic mass is 32.2. The number of nitrogens with one attached hydrogen (secondary N) is 1. The summed E-state index contributed by atoms with van der Waals surface area (Å²) >= 11 is 1.36. The molecule has 0 aliphatic carbocycles. The summed E-state index contributed by atoms with van der Waals surface area (Å²) in [5, 5.41) is 12.6. The van der Waals surface area contributed by atoms with Gasteiger partial charge in [0.15, 0.2) is 11.6 Å². The molecule has 15 heavy (non-hydrogen) atoms. The number of rotatable bonds is 2. The minimum atomic E-state index is -0.847. The van der Waals surface area contributed by atoms with E-state index in [1.54, 1.807) is 0 Å². The van der Waals surface area contributed by atoms with Crippen molar-refractivity contribution in [2.24, 2.45) is 0 Å². The van der Waals surface area contributed by atoms with E-state index in [0.29, 0.717) is 18.0 Å². The quantitative estimate of drug-likeness (QED) is 0.806. The van der Waals surface area contributed by atoms with Crippen LogP contribution < -0.4 is 5.32 Å². The Morgan fingerprint density at radius 1 is 1.27 bits per heavy atom. The number of benzene rings is 1. The van der Waals surface area contributed by atoms with Crippen molar-refractivity contribution in [3.05, 3.63) is 29.8 Å². The van der Waals surface area contributed by atoms with Crippen LogP contribution in [0.4, 0.5) is 8.78 Å². The fourth-order valence-electron chi connectivity index (χ4n) is 1.49. The first-order valence-electron chi connectivity index (χ1n) is 4.67. The van der Waals surface area contributed by atoms with Gasteiger partial charge in [0, 0.05) is 23.2 Å². The Morgan fingerprint density at radius 3 is 2.67 bits per heavy atom. The number of halogens is 2. The van der Waals surface area contributed by atoms with Crippen LogP contribution in [0.15, 0.2) is 23.1 Å². The van der Waals surface area contributed by atoms with Gasteiger partial charge in [-0.15, -0.1) is 11.8 Å². The van der Waals surface area contributed by atoms with Crippen LogP contribution in [0.2, 0.25) is 0 Å². The summed E-state index contributed by atoms with van der Waals surface area (Å²) in [5.41, 5.74) is 0. The lowest BCUT2D eigenvalue weighted by Crippen LogP contribution is -2.19. The third-order valence-electron chi connectivity index (χ3n) is 2.31. The average molecular weight is 231 g/mol. The third kappa shape index (κ3) is 2.48. The van der Waals surface area contributed by atoms with Crippen molar-refractivity contribution >= 4 is 11.8 Å². The summed E-state index contributed by atoms with van der Waals surface area (Å²) in [6.07, 6.45) is -0.428. The summed E-state index contributed by atoms with van der Waals surface area (Å²) in [6, 6.07) is 3.78. The molecule has 5 heteroatoms. The summed E-state index contributed by atoms with van der Waals surface area (Å²) in [4.78, 5) is 0.640. The first-order chi connectivity index (χ1) is 7.16. The number of β-amino-alcohol motifs (C(OH)–C–C–N with tert-alkyl or cyclic N) is 1. The predicted octanol–water partition coefficient (Wildman–Crippen LogP) is 1.39. The van der Waals surface area contributed by atoms with Crippen LogP contribution in [0.5, 0.6) is 0 Å². The Balaban J connectivity index is 2.07. The van der Waals surface area contributed by atoms with Gasteiger partial charge in [-0.1, -0.05) is 0 Å². The Morgan fingerprint density at radius 2 is 2.07 bits per heavy atom. The molecular formula is C10H11F2NOS. The first kappa shape index (κ1) is 10.9. The van der Waals surface area contributed by atoms with E-state index < -0.39 is 17.7 Å². The molecule has 0 bridgehead atoms. The Kier molecular flexibility index (Phi) is 3.23. The molecule has 0 spiro atoms. The van der Waals surface area contributed by atoms with Crippen molar-refractivity contribution < 1.29 is 13.9 Å². The zero-order chi connectivity index (χ0) is 10.8. The van der Waals surface area contributed by atoms with Gasteiger partial charge in [-0.25, -0.2) is 8.78 Å². The van der Waals surface area contributed by atoms with Gasteiger partial charge in [-0.2, -0.15) is 0 Å². The maximum atomic E-state index is 12.9. The van der Waals surface area contributed by atoms with Gasteiger partial charge in [0.25, 0.3) is 0 Å². The summed E-state index contributed by atoms with van der Waals surface area (Å²) in [7, 11) is 0. The fraction of sp³-hybridized carbons (Fsp3) is 0.400. The van der Waals surface area contributed by atoms with Gasteiger partial charge < -0.3 is 10.4 Å². The van der Waals surface area contributed by atoms with Gasteiger partial charge in [-0.05, 0) is 18.2 Å². The highest BCUT2D eigenvalue weighted by Crippen LogP contribution is 2.28. The Hall–Kier alpha value is -0.650. The van der Waals surface area contributed by atoms with Gasteiger partial charge in [0.1, 0.15) is 0 Å². The highest BCUT2D eigenvalue weighted by molar-refractivity contribution is 8.00. The molecule has 1 saturated heterocycles. The van der Waals surface area contributed by atoms with Crippen molar-refractivity contribution in [2.45, 2.75) is 16.2 Å². The van der Waals surface area contributed by atoms with Crippen molar-refractivity contribution in [2.75, 3.05) is 13.1 Å². The molecule has 1 fully saturated rings. The van der Waals surface area contributed by atoms with E-state index in [-0.39, 0.29) is 5.25 Å². The first-order valence-corrected chi connectivity index (χ1v) is 5.55. The van der Waals surface area contributed by atoms with Gasteiger partial charge in [0.2, 0.25) is 0 Å². The highest BCUT2D eigenvalue weighted by Gasteiger charge is 2.25. The lowest BCUT2D eigenvalue weighted by Gasteiger charge is -2.12. The molecule has 2 nitrogen and oxygen atoms in total. The fourth-order valence-corrected chi connectivity index (χ4v) is 2.61. The molecule has 82 valence electrons. The van der Waals surface area contributed by atoms with Gasteiger partial charge >= 0.3 is 0 Å². The van der Waals surface area contributed by atoms with Crippen LogP contribution in [0.1, 0.15) is 0 Å². The van der Waals surface area contributed by atoms with Crippen molar-refractivity contribution in [3.8, 4) is 0 Å². The second-order valence-electron chi connectivity index (χ2n) is 3.46. The summed E-state index contributed by atoms with van der Waals surface area (Å²) in [6.45, 7) is 1.24. The van der Waals surface area contributed by atoms with Crippen LogP contribution in [0.25, 0.3) is 0 Å². The van der Waals surface area contributed by atoms with E-state index in [9.17, 15) is 13.9 Å². The number of aliphatic hydroxyl groups excluding tert-OH is 1. The van der Waals surface area contributed by atoms with E-state index in [1.807, 2.05) is 0 Å². The molecule has 1 aliphatic rings. The molecule has 1 aromatic rings. The predicted molar refractivity (Wildman–Crippen MR) is 54.9 cm³/mol. The minimum absolute atomic E-state index is 0.00913. The molecule has 0 amide bonds. The van der Waals surface area contributed by atoms with Gasteiger partial charge in [-0.3, -0.25) is 0 Å². The lowest BCUT2D eigenvalue weighted by molar-refractivity contribution is 0.201. The van der Waals surface area contributed by atoms with Crippen LogP contribution in [-0.4, -0.2) is 29.5 Å².